The minimum absolute atomic E-state index is 0.0645. The average molecular weight is 468 g/mol. The van der Waals surface area contributed by atoms with Gasteiger partial charge in [-0.2, -0.15) is 8.42 Å². The lowest BCUT2D eigenvalue weighted by Gasteiger charge is -2.27. The fourth-order valence-electron chi connectivity index (χ4n) is 2.95. The van der Waals surface area contributed by atoms with Gasteiger partial charge in [0.1, 0.15) is 10.6 Å². The fourth-order valence-corrected chi connectivity index (χ4v) is 3.93. The van der Waals surface area contributed by atoms with Gasteiger partial charge in [-0.25, -0.2) is 4.39 Å². The van der Waals surface area contributed by atoms with E-state index in [-0.39, 0.29) is 34.3 Å². The zero-order valence-corrected chi connectivity index (χ0v) is 19.9. The van der Waals surface area contributed by atoms with Gasteiger partial charge in [0.15, 0.2) is 11.6 Å². The third-order valence-electron chi connectivity index (χ3n) is 4.54. The van der Waals surface area contributed by atoms with Crippen molar-refractivity contribution in [2.45, 2.75) is 38.6 Å². The Balaban J connectivity index is 2.30. The Hall–Kier alpha value is -2.65. The highest BCUT2D eigenvalue weighted by Gasteiger charge is 2.24. The number of benzene rings is 2. The molecule has 0 atom stereocenters. The monoisotopic (exact) mass is 467 g/mol. The summed E-state index contributed by atoms with van der Waals surface area (Å²) in [6.07, 6.45) is 0.323. The lowest BCUT2D eigenvalue weighted by atomic mass is 9.91. The highest BCUT2D eigenvalue weighted by Crippen LogP contribution is 2.27. The average Bonchev–Trinajstić information content (AvgIpc) is 2.70. The molecule has 2 aromatic rings. The Morgan fingerprint density at radius 3 is 2.34 bits per heavy atom. The Bertz CT molecular complexity index is 1030. The number of hydrogen-bond donors (Lipinski definition) is 0. The summed E-state index contributed by atoms with van der Waals surface area (Å²) in [5, 5.41) is 0. The number of carbonyl (C=O) groups excluding carboxylic acids is 1. The third-order valence-corrected chi connectivity index (χ3v) is 5.78. The van der Waals surface area contributed by atoms with E-state index < -0.39 is 15.9 Å². The lowest BCUT2D eigenvalue weighted by Crippen LogP contribution is -2.35. The van der Waals surface area contributed by atoms with Crippen LogP contribution in [0.1, 0.15) is 32.8 Å². The molecule has 0 aliphatic rings. The molecule has 0 spiro atoms. The highest BCUT2D eigenvalue weighted by molar-refractivity contribution is 7.87. The van der Waals surface area contributed by atoms with Crippen LogP contribution in [0.3, 0.4) is 0 Å². The van der Waals surface area contributed by atoms with E-state index in [2.05, 4.69) is 0 Å². The van der Waals surface area contributed by atoms with E-state index in [4.69, 9.17) is 13.7 Å². The number of carbonyl (C=O) groups is 1. The van der Waals surface area contributed by atoms with Crippen LogP contribution in [-0.2, 0) is 26.2 Å². The van der Waals surface area contributed by atoms with Crippen LogP contribution in [0.4, 0.5) is 4.39 Å². The van der Waals surface area contributed by atoms with E-state index in [1.165, 1.54) is 25.3 Å². The second-order valence-corrected chi connectivity index (χ2v) is 10.0. The molecule has 2 aromatic carbocycles. The van der Waals surface area contributed by atoms with Crippen LogP contribution in [-0.4, -0.2) is 46.6 Å². The molecule has 2 rings (SSSR count). The fraction of sp³-hybridized carbons (Fsp3) is 0.435. The summed E-state index contributed by atoms with van der Waals surface area (Å²) in [5.74, 6) is -0.904. The molecule has 9 heteroatoms. The molecule has 0 aromatic heterocycles. The number of halogens is 1. The van der Waals surface area contributed by atoms with E-state index in [9.17, 15) is 17.6 Å². The molecule has 0 bridgehead atoms. The second-order valence-electron chi connectivity index (χ2n) is 8.49. The quantitative estimate of drug-likeness (QED) is 0.491. The van der Waals surface area contributed by atoms with Crippen molar-refractivity contribution in [3.05, 3.63) is 53.8 Å². The molecule has 0 radical (unpaired) electrons. The number of amides is 1. The van der Waals surface area contributed by atoms with Gasteiger partial charge in [-0.1, -0.05) is 39.0 Å². The molecule has 7 nitrogen and oxygen atoms in total. The predicted molar refractivity (Wildman–Crippen MR) is 119 cm³/mol. The first-order chi connectivity index (χ1) is 15.0. The molecule has 1 amide bonds. The lowest BCUT2D eigenvalue weighted by molar-refractivity contribution is -0.134. The largest absolute Gasteiger partial charge is 0.494 e. The number of para-hydroxylation sites is 1. The van der Waals surface area contributed by atoms with Gasteiger partial charge in [0.2, 0.25) is 5.91 Å². The molecule has 0 aliphatic heterocycles. The van der Waals surface area contributed by atoms with Gasteiger partial charge >= 0.3 is 10.1 Å². The van der Waals surface area contributed by atoms with E-state index in [1.54, 1.807) is 30.2 Å². The van der Waals surface area contributed by atoms with Crippen molar-refractivity contribution in [3.63, 3.8) is 0 Å². The van der Waals surface area contributed by atoms with Gasteiger partial charge in [0.25, 0.3) is 0 Å². The molecule has 32 heavy (non-hydrogen) atoms. The first-order valence-electron chi connectivity index (χ1n) is 10.1. The van der Waals surface area contributed by atoms with Crippen LogP contribution < -0.4 is 8.92 Å². The maximum absolute atomic E-state index is 14.0. The molecule has 0 fully saturated rings. The zero-order valence-electron chi connectivity index (χ0n) is 19.1. The normalized spacial score (nSPS) is 11.8. The Morgan fingerprint density at radius 1 is 1.06 bits per heavy atom. The molecule has 0 saturated carbocycles. The van der Waals surface area contributed by atoms with Crippen molar-refractivity contribution in [2.75, 3.05) is 27.4 Å². The van der Waals surface area contributed by atoms with Gasteiger partial charge in [-0.3, -0.25) is 4.79 Å². The number of nitrogens with zero attached hydrogens (tertiary/aromatic N) is 1. The maximum Gasteiger partial charge on any atom is 0.339 e. The summed E-state index contributed by atoms with van der Waals surface area (Å²) in [7, 11) is -1.48. The Morgan fingerprint density at radius 2 is 1.75 bits per heavy atom. The topological polar surface area (TPSA) is 82.1 Å². The number of hydrogen-bond acceptors (Lipinski definition) is 6. The minimum atomic E-state index is -4.31. The Labute approximate surface area is 189 Å². The number of methoxy groups -OCH3 is 2. The van der Waals surface area contributed by atoms with Crippen LogP contribution >= 0.6 is 0 Å². The van der Waals surface area contributed by atoms with Crippen molar-refractivity contribution >= 4 is 16.0 Å². The molecule has 0 saturated heterocycles. The van der Waals surface area contributed by atoms with E-state index >= 15 is 0 Å². The summed E-state index contributed by atoms with van der Waals surface area (Å²) in [5.41, 5.74) is 0.295. The minimum Gasteiger partial charge on any atom is -0.494 e. The van der Waals surface area contributed by atoms with Crippen LogP contribution in [0, 0.1) is 11.2 Å². The van der Waals surface area contributed by atoms with Crippen LogP contribution in [0.2, 0.25) is 0 Å². The summed E-state index contributed by atoms with van der Waals surface area (Å²) in [6, 6.07) is 9.80. The van der Waals surface area contributed by atoms with Crippen molar-refractivity contribution < 1.29 is 31.3 Å². The van der Waals surface area contributed by atoms with Crippen LogP contribution in [0.5, 0.6) is 11.5 Å². The van der Waals surface area contributed by atoms with E-state index in [1.807, 2.05) is 20.8 Å². The van der Waals surface area contributed by atoms with E-state index in [0.29, 0.717) is 25.1 Å². The molecular weight excluding hydrogens is 437 g/mol. The zero-order chi connectivity index (χ0) is 23.9. The van der Waals surface area contributed by atoms with Crippen LogP contribution in [0.25, 0.3) is 0 Å². The van der Waals surface area contributed by atoms with Gasteiger partial charge in [0.05, 0.1) is 13.7 Å². The van der Waals surface area contributed by atoms with Gasteiger partial charge in [-0.05, 0) is 29.7 Å². The van der Waals surface area contributed by atoms with Crippen molar-refractivity contribution in [1.29, 1.82) is 0 Å². The molecular formula is C23H30FNO6S. The van der Waals surface area contributed by atoms with Crippen molar-refractivity contribution in [2.24, 2.45) is 5.41 Å². The standard InChI is InChI=1S/C23H30FNO6S/c1-23(2,3)15-22(26)25(12-13-29-4)16-17-8-6-7-9-20(17)31-32(27,28)18-10-11-21(30-5)19(24)14-18/h6-11,14H,12-13,15-16H2,1-5H3. The molecule has 0 aliphatic carbocycles. The summed E-state index contributed by atoms with van der Waals surface area (Å²) in [4.78, 5) is 14.1. The summed E-state index contributed by atoms with van der Waals surface area (Å²) < 4.78 is 54.8. The van der Waals surface area contributed by atoms with Gasteiger partial charge < -0.3 is 18.6 Å². The smallest absolute Gasteiger partial charge is 0.339 e. The SMILES string of the molecule is COCCN(Cc1ccccc1OS(=O)(=O)c1ccc(OC)c(F)c1)C(=O)CC(C)(C)C. The molecule has 0 N–H and O–H groups in total. The van der Waals surface area contributed by atoms with Crippen molar-refractivity contribution in [3.8, 4) is 11.5 Å². The number of ether oxygens (including phenoxy) is 2. The summed E-state index contributed by atoms with van der Waals surface area (Å²) in [6.45, 7) is 6.73. The van der Waals surface area contributed by atoms with Crippen molar-refractivity contribution in [1.82, 2.24) is 4.90 Å². The van der Waals surface area contributed by atoms with Crippen LogP contribution in [0.15, 0.2) is 47.4 Å². The molecule has 0 unspecified atom stereocenters. The van der Waals surface area contributed by atoms with E-state index in [0.717, 1.165) is 6.07 Å². The first kappa shape index (κ1) is 25.6. The second kappa shape index (κ2) is 10.8. The summed E-state index contributed by atoms with van der Waals surface area (Å²) >= 11 is 0. The molecule has 0 heterocycles. The third kappa shape index (κ3) is 7.20. The Kier molecular flexibility index (Phi) is 8.63. The predicted octanol–water partition coefficient (Wildman–Crippen LogP) is 4.01. The van der Waals surface area contributed by atoms with Gasteiger partial charge in [0, 0.05) is 32.2 Å². The maximum atomic E-state index is 14.0. The first-order valence-corrected chi connectivity index (χ1v) is 11.5. The van der Waals surface area contributed by atoms with Gasteiger partial charge in [-0.15, -0.1) is 0 Å². The molecule has 176 valence electrons. The highest BCUT2D eigenvalue weighted by atomic mass is 32.2. The number of rotatable bonds is 10.